The summed E-state index contributed by atoms with van der Waals surface area (Å²) in [5.74, 6) is -2.24. The number of unbranched alkanes of at least 4 members (excludes halogenated alkanes) is 37. The first-order valence-electron chi connectivity index (χ1n) is 40.8. The lowest BCUT2D eigenvalue weighted by molar-refractivity contribution is -0.161. The van der Waals surface area contributed by atoms with Crippen LogP contribution in [0, 0.1) is 0 Å². The molecule has 0 fully saturated rings. The maximum Gasteiger partial charge on any atom is 0.472 e. The molecule has 102 heavy (non-hydrogen) atoms. The molecule has 2 unspecified atom stereocenters. The van der Waals surface area contributed by atoms with Gasteiger partial charge in [0.15, 0.2) is 12.2 Å². The maximum absolute atomic E-state index is 13.1. The molecule has 0 aromatic carbocycles. The zero-order valence-electron chi connectivity index (χ0n) is 64.8. The summed E-state index contributed by atoms with van der Waals surface area (Å²) in [6.07, 6.45) is 78.5. The van der Waals surface area contributed by atoms with Gasteiger partial charge in [-0.3, -0.25) is 37.3 Å². The molecule has 5 atom stereocenters. The molecule has 0 aliphatic carbocycles. The lowest BCUT2D eigenvalue weighted by Crippen LogP contribution is -2.30. The Morgan fingerprint density at radius 3 is 0.804 bits per heavy atom. The summed E-state index contributed by atoms with van der Waals surface area (Å²) in [5, 5.41) is 10.6. The number of aliphatic hydroxyl groups is 1. The summed E-state index contributed by atoms with van der Waals surface area (Å²) in [6, 6.07) is 0. The predicted molar refractivity (Wildman–Crippen MR) is 418 cm³/mol. The van der Waals surface area contributed by atoms with Gasteiger partial charge in [0, 0.05) is 25.7 Å². The van der Waals surface area contributed by atoms with Gasteiger partial charge in [0.05, 0.1) is 26.4 Å². The van der Waals surface area contributed by atoms with Crippen LogP contribution in [-0.4, -0.2) is 96.7 Å². The molecule has 592 valence electrons. The van der Waals surface area contributed by atoms with E-state index in [0.717, 1.165) is 128 Å². The molecule has 0 heterocycles. The third-order valence-electron chi connectivity index (χ3n) is 17.3. The summed E-state index contributed by atoms with van der Waals surface area (Å²) in [5.41, 5.74) is 0. The number of esters is 4. The Kier molecular flexibility index (Phi) is 72.7. The van der Waals surface area contributed by atoms with Gasteiger partial charge in [-0.2, -0.15) is 0 Å². The van der Waals surface area contributed by atoms with E-state index < -0.39 is 97.5 Å². The SMILES string of the molecule is CCCCC/C=C\C/C=C\C/C=C\C/C=C\CCCC(=O)O[C@H](COC(=O)CCCCCCC/C=C\C/C=C\CCCCC)COP(=O)(O)OC[C@@H](O)COP(=O)(O)OC[C@@H](COC(=O)CCCCCCCCCCCCCCCCC)OC(=O)CCCCCCC/C=C\CCCCCCCC. The summed E-state index contributed by atoms with van der Waals surface area (Å²) in [7, 11) is -9.97. The molecule has 0 amide bonds. The number of phosphoric acid groups is 2. The van der Waals surface area contributed by atoms with E-state index in [0.29, 0.717) is 32.1 Å². The van der Waals surface area contributed by atoms with Gasteiger partial charge in [-0.05, 0) is 122 Å². The number of aliphatic hydroxyl groups excluding tert-OH is 1. The Hall–Kier alpha value is -3.76. The van der Waals surface area contributed by atoms with Crippen molar-refractivity contribution in [2.45, 2.75) is 380 Å². The van der Waals surface area contributed by atoms with Crippen molar-refractivity contribution in [3.8, 4) is 0 Å². The minimum Gasteiger partial charge on any atom is -0.462 e. The Bertz CT molecular complexity index is 2260. The molecule has 19 heteroatoms. The zero-order valence-corrected chi connectivity index (χ0v) is 66.6. The van der Waals surface area contributed by atoms with Crippen LogP contribution in [0.1, 0.15) is 362 Å². The molecule has 17 nitrogen and oxygen atoms in total. The van der Waals surface area contributed by atoms with Crippen LogP contribution in [0.3, 0.4) is 0 Å². The number of hydrogen-bond acceptors (Lipinski definition) is 15. The third kappa shape index (κ3) is 74.5. The van der Waals surface area contributed by atoms with Crippen LogP contribution in [0.15, 0.2) is 85.1 Å². The van der Waals surface area contributed by atoms with Gasteiger partial charge in [-0.15, -0.1) is 0 Å². The van der Waals surface area contributed by atoms with E-state index in [9.17, 15) is 43.2 Å². The van der Waals surface area contributed by atoms with Crippen LogP contribution in [0.5, 0.6) is 0 Å². The Morgan fingerprint density at radius 2 is 0.490 bits per heavy atom. The predicted octanol–water partition coefficient (Wildman–Crippen LogP) is 23.8. The van der Waals surface area contributed by atoms with Crippen LogP contribution in [-0.2, 0) is 65.4 Å². The van der Waals surface area contributed by atoms with Gasteiger partial charge < -0.3 is 33.8 Å². The average Bonchev–Trinajstić information content (AvgIpc) is 0.917. The van der Waals surface area contributed by atoms with Gasteiger partial charge in [0.2, 0.25) is 0 Å². The summed E-state index contributed by atoms with van der Waals surface area (Å²) < 4.78 is 68.6. The average molecular weight is 1480 g/mol. The first-order chi connectivity index (χ1) is 49.7. The molecule has 0 saturated carbocycles. The van der Waals surface area contributed by atoms with Crippen molar-refractivity contribution in [3.05, 3.63) is 85.1 Å². The van der Waals surface area contributed by atoms with Gasteiger partial charge in [-0.1, -0.05) is 299 Å². The van der Waals surface area contributed by atoms with Crippen molar-refractivity contribution >= 4 is 39.5 Å². The molecule has 0 rings (SSSR count). The number of phosphoric ester groups is 2. The lowest BCUT2D eigenvalue weighted by Gasteiger charge is -2.21. The second-order valence-corrected chi connectivity index (χ2v) is 30.3. The first kappa shape index (κ1) is 98.2. The van der Waals surface area contributed by atoms with Crippen molar-refractivity contribution in [1.82, 2.24) is 0 Å². The highest BCUT2D eigenvalue weighted by atomic mass is 31.2. The number of allylic oxidation sites excluding steroid dienone is 14. The van der Waals surface area contributed by atoms with Crippen molar-refractivity contribution in [1.29, 1.82) is 0 Å². The van der Waals surface area contributed by atoms with Crippen molar-refractivity contribution in [3.63, 3.8) is 0 Å². The molecule has 0 aromatic rings. The highest BCUT2D eigenvalue weighted by Gasteiger charge is 2.30. The molecule has 3 N–H and O–H groups in total. The van der Waals surface area contributed by atoms with E-state index in [4.69, 9.17) is 37.0 Å². The van der Waals surface area contributed by atoms with E-state index in [2.05, 4.69) is 101 Å². The van der Waals surface area contributed by atoms with Crippen molar-refractivity contribution < 1.29 is 80.2 Å². The molecule has 0 aliphatic heterocycles. The lowest BCUT2D eigenvalue weighted by atomic mass is 10.0. The highest BCUT2D eigenvalue weighted by Crippen LogP contribution is 2.45. The fourth-order valence-corrected chi connectivity index (χ4v) is 12.6. The van der Waals surface area contributed by atoms with Gasteiger partial charge in [0.1, 0.15) is 19.3 Å². The second-order valence-electron chi connectivity index (χ2n) is 27.4. The smallest absolute Gasteiger partial charge is 0.462 e. The fraction of sp³-hybridized carbons (Fsp3) is 0.783. The molecule has 0 saturated heterocycles. The monoisotopic (exact) mass is 1480 g/mol. The first-order valence-corrected chi connectivity index (χ1v) is 43.8. The van der Waals surface area contributed by atoms with Crippen LogP contribution in [0.25, 0.3) is 0 Å². The molecular formula is C83H148O17P2. The Balaban J connectivity index is 5.41. The molecule has 0 bridgehead atoms. The largest absolute Gasteiger partial charge is 0.472 e. The van der Waals surface area contributed by atoms with Crippen LogP contribution in [0.4, 0.5) is 0 Å². The second kappa shape index (κ2) is 75.5. The van der Waals surface area contributed by atoms with E-state index >= 15 is 0 Å². The number of carbonyl (C=O) groups excluding carboxylic acids is 4. The molecule has 0 spiro atoms. The Morgan fingerprint density at radius 1 is 0.275 bits per heavy atom. The van der Waals surface area contributed by atoms with Gasteiger partial charge in [-0.25, -0.2) is 9.13 Å². The number of ether oxygens (including phenoxy) is 4. The molecule has 0 aliphatic rings. The van der Waals surface area contributed by atoms with Crippen molar-refractivity contribution in [2.24, 2.45) is 0 Å². The van der Waals surface area contributed by atoms with Crippen molar-refractivity contribution in [2.75, 3.05) is 39.6 Å². The van der Waals surface area contributed by atoms with E-state index in [1.807, 2.05) is 12.2 Å². The Labute approximate surface area is 621 Å². The molecular weight excluding hydrogens is 1330 g/mol. The third-order valence-corrected chi connectivity index (χ3v) is 19.2. The maximum atomic E-state index is 13.1. The molecule has 0 aromatic heterocycles. The van der Waals surface area contributed by atoms with E-state index in [1.54, 1.807) is 0 Å². The van der Waals surface area contributed by atoms with Crippen LogP contribution >= 0.6 is 15.6 Å². The minimum absolute atomic E-state index is 0.0172. The summed E-state index contributed by atoms with van der Waals surface area (Å²) in [6.45, 7) is 4.79. The van der Waals surface area contributed by atoms with E-state index in [1.165, 1.54) is 148 Å². The number of rotatable bonds is 77. The van der Waals surface area contributed by atoms with Crippen LogP contribution in [0.2, 0.25) is 0 Å². The van der Waals surface area contributed by atoms with Crippen LogP contribution < -0.4 is 0 Å². The van der Waals surface area contributed by atoms with E-state index in [-0.39, 0.29) is 25.7 Å². The fourth-order valence-electron chi connectivity index (χ4n) is 11.1. The number of hydrogen-bond donors (Lipinski definition) is 3. The zero-order chi connectivity index (χ0) is 74.6. The summed E-state index contributed by atoms with van der Waals surface area (Å²) in [4.78, 5) is 73.0. The molecule has 0 radical (unpaired) electrons. The quantitative estimate of drug-likeness (QED) is 0.0169. The number of carbonyl (C=O) groups is 4. The standard InChI is InChI=1S/C83H148O17P2/c1-5-9-13-17-21-25-29-33-37-38-42-46-50-54-58-62-66-70-83(88)100-79(74-94-81(86)68-64-60-56-52-48-44-40-35-31-27-23-19-15-11-7-3)76-98-102(91,92)96-72-77(84)71-95-101(89,90)97-75-78(99-82(87)69-65-61-57-53-49-45-41-36-32-28-24-20-16-12-8-4)73-93-80(85)67-63-59-55-51-47-43-39-34-30-26-22-18-14-10-6-2/h21,23,25,27,33,35-37,40-42,46,54,58,77-79,84H,5-20,22,24,26,28-32,34,38-39,43-45,47-53,55-57,59-76H2,1-4H3,(H,89,90)(H,91,92)/b25-21-,27-23-,37-33-,40-35-,41-36-,46-42-,58-54-/t77-,78+,79+/m0/s1. The topological polar surface area (TPSA) is 237 Å². The van der Waals surface area contributed by atoms with Gasteiger partial charge >= 0.3 is 39.5 Å². The normalized spacial score (nSPS) is 14.3. The van der Waals surface area contributed by atoms with Gasteiger partial charge in [0.25, 0.3) is 0 Å². The highest BCUT2D eigenvalue weighted by molar-refractivity contribution is 7.47. The summed E-state index contributed by atoms with van der Waals surface area (Å²) >= 11 is 0. The minimum atomic E-state index is -4.99.